The number of esters is 1. The molecule has 0 radical (unpaired) electrons. The van der Waals surface area contributed by atoms with Crippen LogP contribution >= 0.6 is 0 Å². The lowest BCUT2D eigenvalue weighted by atomic mass is 10.1. The van der Waals surface area contributed by atoms with Gasteiger partial charge in [-0.05, 0) is 62.6 Å². The first-order chi connectivity index (χ1) is 15.5. The standard InChI is InChI=1S/C24H23F3O6/c1-5-8-30-23(29)15(4)31-16-6-7-18-19(12-16)33-22(24(25,26)27)21(20(18)28)32-17-10-13(2)9-14(3)11-17/h6-7,9-12,15H,5,8H2,1-4H3. The highest BCUT2D eigenvalue weighted by Crippen LogP contribution is 2.39. The highest BCUT2D eigenvalue weighted by atomic mass is 19.4. The normalized spacial score (nSPS) is 12.5. The summed E-state index contributed by atoms with van der Waals surface area (Å²) in [4.78, 5) is 24.8. The fourth-order valence-corrected chi connectivity index (χ4v) is 3.19. The molecule has 1 atom stereocenters. The van der Waals surface area contributed by atoms with Crippen LogP contribution in [0.25, 0.3) is 11.0 Å². The van der Waals surface area contributed by atoms with Crippen LogP contribution in [0.2, 0.25) is 0 Å². The number of alkyl halides is 3. The molecule has 3 aromatic rings. The van der Waals surface area contributed by atoms with Crippen molar-refractivity contribution < 1.29 is 36.6 Å². The molecule has 0 aliphatic heterocycles. The summed E-state index contributed by atoms with van der Waals surface area (Å²) in [6, 6.07) is 8.60. The van der Waals surface area contributed by atoms with Gasteiger partial charge in [0.05, 0.1) is 12.0 Å². The van der Waals surface area contributed by atoms with E-state index < -0.39 is 35.2 Å². The van der Waals surface area contributed by atoms with E-state index in [0.29, 0.717) is 6.42 Å². The maximum atomic E-state index is 13.7. The number of halogens is 3. The van der Waals surface area contributed by atoms with Crippen molar-refractivity contribution in [1.29, 1.82) is 0 Å². The number of rotatable bonds is 7. The van der Waals surface area contributed by atoms with Gasteiger partial charge in [0.1, 0.15) is 17.1 Å². The van der Waals surface area contributed by atoms with Crippen LogP contribution < -0.4 is 14.9 Å². The van der Waals surface area contributed by atoms with Crippen molar-refractivity contribution >= 4 is 16.9 Å². The Hall–Kier alpha value is -3.49. The number of aryl methyl sites for hydroxylation is 2. The molecule has 1 heterocycles. The minimum Gasteiger partial charge on any atom is -0.479 e. The number of hydrogen-bond donors (Lipinski definition) is 0. The number of fused-ring (bicyclic) bond motifs is 1. The molecule has 9 heteroatoms. The van der Waals surface area contributed by atoms with Crippen molar-refractivity contribution in [2.45, 2.75) is 46.4 Å². The summed E-state index contributed by atoms with van der Waals surface area (Å²) in [5, 5.41) is -0.129. The van der Waals surface area contributed by atoms with Gasteiger partial charge in [-0.25, -0.2) is 4.79 Å². The number of carbonyl (C=O) groups is 1. The summed E-state index contributed by atoms with van der Waals surface area (Å²) in [5.74, 6) is -3.00. The Morgan fingerprint density at radius 3 is 2.33 bits per heavy atom. The Balaban J connectivity index is 2.03. The van der Waals surface area contributed by atoms with Crippen LogP contribution in [0.4, 0.5) is 13.2 Å². The Bertz CT molecular complexity index is 1210. The van der Waals surface area contributed by atoms with Gasteiger partial charge in [0, 0.05) is 6.07 Å². The zero-order chi connectivity index (χ0) is 24.3. The van der Waals surface area contributed by atoms with Crippen molar-refractivity contribution in [3.05, 3.63) is 63.5 Å². The van der Waals surface area contributed by atoms with Gasteiger partial charge in [-0.1, -0.05) is 13.0 Å². The molecule has 0 saturated carbocycles. The maximum absolute atomic E-state index is 13.7. The van der Waals surface area contributed by atoms with Gasteiger partial charge in [-0.3, -0.25) is 4.79 Å². The fourth-order valence-electron chi connectivity index (χ4n) is 3.19. The molecule has 176 valence electrons. The van der Waals surface area contributed by atoms with Gasteiger partial charge in [-0.2, -0.15) is 13.2 Å². The van der Waals surface area contributed by atoms with Crippen LogP contribution in [0, 0.1) is 13.8 Å². The largest absolute Gasteiger partial charge is 0.479 e. The minimum absolute atomic E-state index is 0.0442. The van der Waals surface area contributed by atoms with Crippen LogP contribution in [0.5, 0.6) is 17.2 Å². The second kappa shape index (κ2) is 9.56. The lowest BCUT2D eigenvalue weighted by Gasteiger charge is -2.16. The molecule has 0 aliphatic carbocycles. The third-order valence-electron chi connectivity index (χ3n) is 4.59. The van der Waals surface area contributed by atoms with Crippen molar-refractivity contribution in [2.75, 3.05) is 6.61 Å². The van der Waals surface area contributed by atoms with Gasteiger partial charge in [0.2, 0.25) is 11.2 Å². The lowest BCUT2D eigenvalue weighted by Crippen LogP contribution is -2.26. The first-order valence-corrected chi connectivity index (χ1v) is 10.3. The molecular weight excluding hydrogens is 441 g/mol. The van der Waals surface area contributed by atoms with E-state index in [2.05, 4.69) is 0 Å². The first kappa shape index (κ1) is 24.2. The van der Waals surface area contributed by atoms with Crippen LogP contribution in [0.3, 0.4) is 0 Å². The third-order valence-corrected chi connectivity index (χ3v) is 4.59. The quantitative estimate of drug-likeness (QED) is 0.403. The van der Waals surface area contributed by atoms with Gasteiger partial charge in [0.15, 0.2) is 6.10 Å². The van der Waals surface area contributed by atoms with Crippen LogP contribution in [0.15, 0.2) is 45.6 Å². The average Bonchev–Trinajstić information content (AvgIpc) is 2.72. The zero-order valence-corrected chi connectivity index (χ0v) is 18.5. The summed E-state index contributed by atoms with van der Waals surface area (Å²) in [6.07, 6.45) is -5.36. The summed E-state index contributed by atoms with van der Waals surface area (Å²) >= 11 is 0. The van der Waals surface area contributed by atoms with E-state index in [1.807, 2.05) is 13.0 Å². The predicted molar refractivity (Wildman–Crippen MR) is 115 cm³/mol. The molecule has 0 N–H and O–H groups in total. The van der Waals surface area contributed by atoms with E-state index in [1.54, 1.807) is 13.8 Å². The molecule has 3 rings (SSSR count). The van der Waals surface area contributed by atoms with Crippen molar-refractivity contribution in [2.24, 2.45) is 0 Å². The minimum atomic E-state index is -4.99. The monoisotopic (exact) mass is 464 g/mol. The summed E-state index contributed by atoms with van der Waals surface area (Å²) < 4.78 is 62.1. The molecule has 0 spiro atoms. The second-order valence-corrected chi connectivity index (χ2v) is 7.60. The molecule has 0 aliphatic rings. The van der Waals surface area contributed by atoms with E-state index >= 15 is 0 Å². The zero-order valence-electron chi connectivity index (χ0n) is 18.5. The van der Waals surface area contributed by atoms with E-state index in [0.717, 1.165) is 17.2 Å². The number of carbonyl (C=O) groups excluding carboxylic acids is 1. The summed E-state index contributed by atoms with van der Waals surface area (Å²) in [7, 11) is 0. The van der Waals surface area contributed by atoms with Crippen molar-refractivity contribution in [1.82, 2.24) is 0 Å². The van der Waals surface area contributed by atoms with E-state index in [9.17, 15) is 22.8 Å². The number of benzene rings is 2. The third kappa shape index (κ3) is 5.66. The first-order valence-electron chi connectivity index (χ1n) is 10.3. The Morgan fingerprint density at radius 2 is 1.73 bits per heavy atom. The van der Waals surface area contributed by atoms with Gasteiger partial charge in [0.25, 0.3) is 5.76 Å². The van der Waals surface area contributed by atoms with Crippen LogP contribution in [-0.2, 0) is 15.7 Å². The number of hydrogen-bond acceptors (Lipinski definition) is 6. The van der Waals surface area contributed by atoms with E-state index in [4.69, 9.17) is 18.6 Å². The molecule has 0 fully saturated rings. The lowest BCUT2D eigenvalue weighted by molar-refractivity contribution is -0.154. The SMILES string of the molecule is CCCOC(=O)C(C)Oc1ccc2c(=O)c(Oc3cc(C)cc(C)c3)c(C(F)(F)F)oc2c1. The smallest absolute Gasteiger partial charge is 0.453 e. The molecule has 0 saturated heterocycles. The van der Waals surface area contributed by atoms with Crippen LogP contribution in [0.1, 0.15) is 37.2 Å². The van der Waals surface area contributed by atoms with Crippen molar-refractivity contribution in [3.8, 4) is 17.2 Å². The predicted octanol–water partition coefficient (Wildman–Crippen LogP) is 5.94. The Labute approximate surface area is 187 Å². The molecule has 2 aromatic carbocycles. The van der Waals surface area contributed by atoms with Gasteiger partial charge >= 0.3 is 12.1 Å². The molecular formula is C24H23F3O6. The van der Waals surface area contributed by atoms with E-state index in [-0.39, 0.29) is 29.1 Å². The molecule has 1 unspecified atom stereocenters. The summed E-state index contributed by atoms with van der Waals surface area (Å²) in [6.45, 7) is 7.01. The topological polar surface area (TPSA) is 75.0 Å². The highest BCUT2D eigenvalue weighted by Gasteiger charge is 2.40. The van der Waals surface area contributed by atoms with Gasteiger partial charge < -0.3 is 18.6 Å². The average molecular weight is 464 g/mol. The maximum Gasteiger partial charge on any atom is 0.453 e. The highest BCUT2D eigenvalue weighted by molar-refractivity contribution is 5.80. The Kier molecular flexibility index (Phi) is 7.00. The molecule has 6 nitrogen and oxygen atoms in total. The molecule has 0 bridgehead atoms. The summed E-state index contributed by atoms with van der Waals surface area (Å²) in [5.41, 5.74) is 0.186. The molecule has 33 heavy (non-hydrogen) atoms. The van der Waals surface area contributed by atoms with E-state index in [1.165, 1.54) is 31.2 Å². The second-order valence-electron chi connectivity index (χ2n) is 7.60. The molecule has 0 amide bonds. The van der Waals surface area contributed by atoms with Crippen LogP contribution in [-0.4, -0.2) is 18.7 Å². The van der Waals surface area contributed by atoms with Gasteiger partial charge in [-0.15, -0.1) is 0 Å². The molecule has 1 aromatic heterocycles. The Morgan fingerprint density at radius 1 is 1.06 bits per heavy atom. The number of ether oxygens (including phenoxy) is 3. The fraction of sp³-hybridized carbons (Fsp3) is 0.333. The van der Waals surface area contributed by atoms with Crippen molar-refractivity contribution in [3.63, 3.8) is 0 Å².